The molecule has 0 aromatic heterocycles. The van der Waals surface area contributed by atoms with Crippen molar-refractivity contribution in [3.63, 3.8) is 0 Å². The maximum atomic E-state index is 6.05. The molecule has 0 N–H and O–H groups in total. The first-order valence-electron chi connectivity index (χ1n) is 5.03. The van der Waals surface area contributed by atoms with E-state index in [1.807, 2.05) is 6.92 Å². The van der Waals surface area contributed by atoms with Crippen molar-refractivity contribution in [3.05, 3.63) is 0 Å². The molecule has 0 rings (SSSR count). The van der Waals surface area contributed by atoms with Crippen LogP contribution in [0.2, 0.25) is 0 Å². The van der Waals surface area contributed by atoms with E-state index in [4.69, 9.17) is 16.3 Å². The number of ether oxygens (including phenoxy) is 1. The number of unbranched alkanes of at least 4 members (excludes halogenated alkanes) is 1. The summed E-state index contributed by atoms with van der Waals surface area (Å²) in [5.41, 5.74) is 0. The van der Waals surface area contributed by atoms with Gasteiger partial charge in [0.15, 0.2) is 0 Å². The summed E-state index contributed by atoms with van der Waals surface area (Å²) >= 11 is 6.05. The van der Waals surface area contributed by atoms with Crippen molar-refractivity contribution in [2.75, 3.05) is 13.2 Å². The number of hydrogen-bond donors (Lipinski definition) is 0. The van der Waals surface area contributed by atoms with Gasteiger partial charge in [0, 0.05) is 18.6 Å². The summed E-state index contributed by atoms with van der Waals surface area (Å²) in [6.45, 7) is 5.93. The van der Waals surface area contributed by atoms with Crippen LogP contribution in [0.3, 0.4) is 0 Å². The summed E-state index contributed by atoms with van der Waals surface area (Å²) in [5, 5.41) is 0.386. The molecule has 0 bridgehead atoms. The summed E-state index contributed by atoms with van der Waals surface area (Å²) in [4.78, 5) is 0. The topological polar surface area (TPSA) is 9.23 Å². The Bertz CT molecular complexity index is 85.9. The maximum Gasteiger partial charge on any atom is 0.0465 e. The van der Waals surface area contributed by atoms with E-state index in [1.54, 1.807) is 0 Å². The standard InChI is InChI=1S/C10H21ClO/c1-3-7-10(11)8-5-6-9-12-4-2/h10H,3-9H2,1-2H3. The van der Waals surface area contributed by atoms with Crippen molar-refractivity contribution in [1.29, 1.82) is 0 Å². The summed E-state index contributed by atoms with van der Waals surface area (Å²) in [5.74, 6) is 0. The molecule has 0 spiro atoms. The highest BCUT2D eigenvalue weighted by Crippen LogP contribution is 2.12. The van der Waals surface area contributed by atoms with Gasteiger partial charge in [-0.2, -0.15) is 0 Å². The third-order valence-corrected chi connectivity index (χ3v) is 2.30. The Kier molecular flexibility index (Phi) is 9.53. The number of halogens is 1. The molecule has 12 heavy (non-hydrogen) atoms. The Morgan fingerprint density at radius 1 is 1.17 bits per heavy atom. The van der Waals surface area contributed by atoms with E-state index in [9.17, 15) is 0 Å². The van der Waals surface area contributed by atoms with Crippen molar-refractivity contribution in [1.82, 2.24) is 0 Å². The molecule has 1 nitrogen and oxygen atoms in total. The molecule has 1 atom stereocenters. The molecular weight excluding hydrogens is 172 g/mol. The first-order valence-corrected chi connectivity index (χ1v) is 5.46. The van der Waals surface area contributed by atoms with Crippen molar-refractivity contribution >= 4 is 11.6 Å². The highest BCUT2D eigenvalue weighted by atomic mass is 35.5. The average Bonchev–Trinajstić information content (AvgIpc) is 2.05. The molecule has 2 heteroatoms. The normalized spacial score (nSPS) is 13.2. The van der Waals surface area contributed by atoms with Gasteiger partial charge in [-0.05, 0) is 32.6 Å². The van der Waals surface area contributed by atoms with Crippen LogP contribution in [-0.4, -0.2) is 18.6 Å². The summed E-state index contributed by atoms with van der Waals surface area (Å²) in [7, 11) is 0. The summed E-state index contributed by atoms with van der Waals surface area (Å²) < 4.78 is 5.23. The summed E-state index contributed by atoms with van der Waals surface area (Å²) in [6.07, 6.45) is 5.84. The molecule has 0 aromatic rings. The lowest BCUT2D eigenvalue weighted by Gasteiger charge is -2.06. The maximum absolute atomic E-state index is 6.05. The second-order valence-corrected chi connectivity index (χ2v) is 3.70. The first-order chi connectivity index (χ1) is 5.81. The van der Waals surface area contributed by atoms with Gasteiger partial charge in [0.05, 0.1) is 0 Å². The van der Waals surface area contributed by atoms with Crippen LogP contribution in [-0.2, 0) is 4.74 Å². The Balaban J connectivity index is 2.97. The van der Waals surface area contributed by atoms with Crippen LogP contribution >= 0.6 is 11.6 Å². The fourth-order valence-electron chi connectivity index (χ4n) is 1.17. The molecule has 0 aliphatic carbocycles. The van der Waals surface area contributed by atoms with E-state index >= 15 is 0 Å². The van der Waals surface area contributed by atoms with Crippen LogP contribution in [0.5, 0.6) is 0 Å². The molecule has 0 aromatic carbocycles. The Labute approximate surface area is 81.4 Å². The van der Waals surface area contributed by atoms with Crippen molar-refractivity contribution < 1.29 is 4.74 Å². The summed E-state index contributed by atoms with van der Waals surface area (Å²) in [6, 6.07) is 0. The molecule has 74 valence electrons. The third kappa shape index (κ3) is 8.35. The lowest BCUT2D eigenvalue weighted by Crippen LogP contribution is -1.99. The third-order valence-electron chi connectivity index (χ3n) is 1.86. The smallest absolute Gasteiger partial charge is 0.0465 e. The highest BCUT2D eigenvalue weighted by molar-refractivity contribution is 6.20. The van der Waals surface area contributed by atoms with Gasteiger partial charge in [-0.15, -0.1) is 11.6 Å². The lowest BCUT2D eigenvalue weighted by molar-refractivity contribution is 0.143. The molecule has 1 unspecified atom stereocenters. The largest absolute Gasteiger partial charge is 0.382 e. The minimum Gasteiger partial charge on any atom is -0.382 e. The van der Waals surface area contributed by atoms with Gasteiger partial charge in [0.25, 0.3) is 0 Å². The zero-order valence-corrected chi connectivity index (χ0v) is 9.07. The van der Waals surface area contributed by atoms with Crippen LogP contribution < -0.4 is 0 Å². The minimum absolute atomic E-state index is 0.386. The van der Waals surface area contributed by atoms with Gasteiger partial charge in [0.1, 0.15) is 0 Å². The molecule has 0 amide bonds. The van der Waals surface area contributed by atoms with E-state index in [1.165, 1.54) is 12.8 Å². The minimum atomic E-state index is 0.386. The second-order valence-electron chi connectivity index (χ2n) is 3.08. The molecule has 0 aliphatic rings. The van der Waals surface area contributed by atoms with E-state index in [-0.39, 0.29) is 0 Å². The highest BCUT2D eigenvalue weighted by Gasteiger charge is 2.01. The molecule has 0 radical (unpaired) electrons. The van der Waals surface area contributed by atoms with E-state index in [0.29, 0.717) is 5.38 Å². The van der Waals surface area contributed by atoms with Crippen LogP contribution in [0.15, 0.2) is 0 Å². The van der Waals surface area contributed by atoms with Gasteiger partial charge < -0.3 is 4.74 Å². The fraction of sp³-hybridized carbons (Fsp3) is 1.00. The van der Waals surface area contributed by atoms with Crippen LogP contribution in [0.25, 0.3) is 0 Å². The van der Waals surface area contributed by atoms with Crippen LogP contribution in [0.4, 0.5) is 0 Å². The number of rotatable bonds is 8. The zero-order valence-electron chi connectivity index (χ0n) is 8.31. The number of alkyl halides is 1. The molecule has 0 aliphatic heterocycles. The Morgan fingerprint density at radius 3 is 2.50 bits per heavy atom. The second kappa shape index (κ2) is 9.34. The zero-order chi connectivity index (χ0) is 9.23. The average molecular weight is 193 g/mol. The van der Waals surface area contributed by atoms with E-state index in [0.717, 1.165) is 32.5 Å². The molecule has 0 saturated carbocycles. The predicted octanol–water partition coefficient (Wildman–Crippen LogP) is 3.60. The molecule has 0 heterocycles. The van der Waals surface area contributed by atoms with Crippen molar-refractivity contribution in [3.8, 4) is 0 Å². The molecular formula is C10H21ClO. The monoisotopic (exact) mass is 192 g/mol. The van der Waals surface area contributed by atoms with Crippen molar-refractivity contribution in [2.45, 2.75) is 51.3 Å². The predicted molar refractivity (Wildman–Crippen MR) is 54.9 cm³/mol. The van der Waals surface area contributed by atoms with Gasteiger partial charge in [-0.3, -0.25) is 0 Å². The quantitative estimate of drug-likeness (QED) is 0.422. The van der Waals surface area contributed by atoms with Crippen LogP contribution in [0.1, 0.15) is 46.0 Å². The van der Waals surface area contributed by atoms with Gasteiger partial charge in [-0.1, -0.05) is 13.3 Å². The lowest BCUT2D eigenvalue weighted by atomic mass is 10.1. The van der Waals surface area contributed by atoms with Crippen molar-refractivity contribution in [2.24, 2.45) is 0 Å². The molecule has 0 fully saturated rings. The SMILES string of the molecule is CCCC(Cl)CCCCOCC. The van der Waals surface area contributed by atoms with Crippen LogP contribution in [0, 0.1) is 0 Å². The first kappa shape index (κ1) is 12.2. The van der Waals surface area contributed by atoms with E-state index < -0.39 is 0 Å². The Hall–Kier alpha value is 0.250. The molecule has 0 saturated heterocycles. The van der Waals surface area contributed by atoms with Gasteiger partial charge in [0.2, 0.25) is 0 Å². The fourth-order valence-corrected chi connectivity index (χ4v) is 1.54. The Morgan fingerprint density at radius 2 is 1.92 bits per heavy atom. The van der Waals surface area contributed by atoms with Gasteiger partial charge in [-0.25, -0.2) is 0 Å². The number of hydrogen-bond acceptors (Lipinski definition) is 1. The van der Waals surface area contributed by atoms with Gasteiger partial charge >= 0.3 is 0 Å². The van der Waals surface area contributed by atoms with E-state index in [2.05, 4.69) is 6.92 Å².